The van der Waals surface area contributed by atoms with Gasteiger partial charge in [-0.3, -0.25) is 4.98 Å². The molecular weight excluding hydrogens is 218 g/mol. The minimum absolute atomic E-state index is 0.121. The lowest BCUT2D eigenvalue weighted by molar-refractivity contribution is 0.877. The first-order chi connectivity index (χ1) is 8.34. The summed E-state index contributed by atoms with van der Waals surface area (Å²) >= 11 is 2.99. The summed E-state index contributed by atoms with van der Waals surface area (Å²) < 4.78 is 46.3. The zero-order valence-electron chi connectivity index (χ0n) is 11.7. The van der Waals surface area contributed by atoms with Crippen molar-refractivity contribution in [3.05, 3.63) is 41.2 Å². The van der Waals surface area contributed by atoms with Gasteiger partial charge in [0.05, 0.1) is 24.6 Å². The summed E-state index contributed by atoms with van der Waals surface area (Å²) in [6, 6.07) is -0.806. The van der Waals surface area contributed by atoms with Gasteiger partial charge in [0.1, 0.15) is 0 Å². The molecule has 2 aromatic heterocycles. The summed E-state index contributed by atoms with van der Waals surface area (Å²) in [6.07, 6.45) is -1.37. The molecule has 4 heteroatoms. The highest BCUT2D eigenvalue weighted by molar-refractivity contribution is 9.10. The molecule has 0 N–H and O–H groups in total. The van der Waals surface area contributed by atoms with Crippen LogP contribution in [0, 0.1) is 0 Å². The molecule has 2 rings (SSSR count). The largest absolute Gasteiger partial charge is 0.265 e. The van der Waals surface area contributed by atoms with Crippen molar-refractivity contribution in [1.29, 1.82) is 0 Å². The summed E-state index contributed by atoms with van der Waals surface area (Å²) in [7, 11) is 0. The van der Waals surface area contributed by atoms with Crippen LogP contribution in [0.3, 0.4) is 0 Å². The van der Waals surface area contributed by atoms with E-state index in [1.54, 1.807) is 0 Å². The van der Waals surface area contributed by atoms with Crippen LogP contribution in [0.15, 0.2) is 41.2 Å². The molecule has 0 aromatic carbocycles. The Balaban J connectivity index is 2.82. The molecule has 0 bridgehead atoms. The lowest BCUT2D eigenvalue weighted by atomic mass is 10.4. The SMILES string of the molecule is [2H]c1nc([2H])c([2H])c(-n2nc([2H])c(Br)c2[2H])c1[2H]. The lowest BCUT2D eigenvalue weighted by Gasteiger charge is -1.97. The Bertz CT molecular complexity index is 614. The molecule has 0 saturated heterocycles. The monoisotopic (exact) mass is 229 g/mol. The van der Waals surface area contributed by atoms with Gasteiger partial charge in [0.25, 0.3) is 0 Å². The molecule has 0 aliphatic carbocycles. The average molecular weight is 230 g/mol. The van der Waals surface area contributed by atoms with Crippen molar-refractivity contribution in [3.8, 4) is 5.69 Å². The summed E-state index contributed by atoms with van der Waals surface area (Å²) in [5, 5.41) is 3.70. The molecule has 0 aliphatic heterocycles. The van der Waals surface area contributed by atoms with Gasteiger partial charge in [-0.1, -0.05) is 0 Å². The fourth-order valence-corrected chi connectivity index (χ4v) is 0.917. The average Bonchev–Trinajstić information content (AvgIpc) is 2.55. The minimum Gasteiger partial charge on any atom is -0.265 e. The Morgan fingerprint density at radius 2 is 2.17 bits per heavy atom. The molecule has 3 nitrogen and oxygen atoms in total. The molecule has 0 aliphatic rings. The predicted octanol–water partition coefficient (Wildman–Crippen LogP) is 2.03. The van der Waals surface area contributed by atoms with E-state index in [-0.39, 0.29) is 22.5 Å². The summed E-state index contributed by atoms with van der Waals surface area (Å²) in [5.74, 6) is 0. The quantitative estimate of drug-likeness (QED) is 0.750. The Morgan fingerprint density at radius 1 is 1.42 bits per heavy atom. The van der Waals surface area contributed by atoms with E-state index in [4.69, 9.17) is 8.22 Å². The fraction of sp³-hybridized carbons (Fsp3) is 0. The summed E-state index contributed by atoms with van der Waals surface area (Å²) in [6.45, 7) is 0. The van der Waals surface area contributed by atoms with Crippen LogP contribution in [0.2, 0.25) is 0 Å². The zero-order valence-corrected chi connectivity index (χ0v) is 7.31. The van der Waals surface area contributed by atoms with E-state index in [9.17, 15) is 0 Å². The normalized spacial score (nSPS) is 17.1. The maximum Gasteiger partial charge on any atom is 0.0872 e. The number of hydrogen-bond donors (Lipinski definition) is 0. The van der Waals surface area contributed by atoms with Crippen LogP contribution in [0.25, 0.3) is 5.69 Å². The smallest absolute Gasteiger partial charge is 0.0872 e. The maximum atomic E-state index is 7.71. The number of aromatic nitrogens is 3. The van der Waals surface area contributed by atoms with Gasteiger partial charge in [-0.15, -0.1) is 0 Å². The van der Waals surface area contributed by atoms with Crippen molar-refractivity contribution in [2.75, 3.05) is 0 Å². The highest BCUT2D eigenvalue weighted by atomic mass is 79.9. The molecule has 60 valence electrons. The first-order valence-corrected chi connectivity index (χ1v) is 3.80. The Morgan fingerprint density at radius 3 is 2.75 bits per heavy atom. The molecule has 0 atom stereocenters. The van der Waals surface area contributed by atoms with E-state index in [0.29, 0.717) is 0 Å². The second kappa shape index (κ2) is 3.06. The number of nitrogens with zero attached hydrogens (tertiary/aromatic N) is 3. The van der Waals surface area contributed by atoms with E-state index in [2.05, 4.69) is 26.0 Å². The van der Waals surface area contributed by atoms with Crippen molar-refractivity contribution < 1.29 is 8.22 Å². The van der Waals surface area contributed by atoms with Crippen LogP contribution in [0.1, 0.15) is 8.22 Å². The van der Waals surface area contributed by atoms with Gasteiger partial charge in [0.15, 0.2) is 0 Å². The van der Waals surface area contributed by atoms with Crippen molar-refractivity contribution >= 4 is 15.9 Å². The third-order valence-corrected chi connectivity index (χ3v) is 1.48. The van der Waals surface area contributed by atoms with Crippen molar-refractivity contribution in [2.24, 2.45) is 0 Å². The third kappa shape index (κ3) is 1.38. The van der Waals surface area contributed by atoms with Crippen molar-refractivity contribution in [2.45, 2.75) is 0 Å². The standard InChI is InChI=1S/C8H6BrN3/c9-7-5-11-12(6-7)8-1-3-10-4-2-8/h1-6H/i1D,2D,3D,4D,5D,6D. The second-order valence-corrected chi connectivity index (χ2v) is 2.68. The molecule has 2 aromatic rings. The van der Waals surface area contributed by atoms with Crippen LogP contribution in [-0.2, 0) is 0 Å². The maximum absolute atomic E-state index is 7.71. The molecule has 0 radical (unpaired) electrons. The van der Waals surface area contributed by atoms with Crippen molar-refractivity contribution in [1.82, 2.24) is 14.8 Å². The predicted molar refractivity (Wildman–Crippen MR) is 49.1 cm³/mol. The Kier molecular flexibility index (Phi) is 0.842. The van der Waals surface area contributed by atoms with Gasteiger partial charge in [0, 0.05) is 18.5 Å². The zero-order chi connectivity index (χ0) is 13.6. The molecule has 2 heterocycles. The highest BCUT2D eigenvalue weighted by Gasteiger charge is 1.96. The molecule has 0 amide bonds. The molecule has 0 spiro atoms. The molecule has 0 unspecified atom stereocenters. The molecule has 12 heavy (non-hydrogen) atoms. The van der Waals surface area contributed by atoms with Gasteiger partial charge in [0.2, 0.25) is 0 Å². The molecule has 0 saturated carbocycles. The first kappa shape index (κ1) is 3.30. The highest BCUT2D eigenvalue weighted by Crippen LogP contribution is 2.10. The Labute approximate surface area is 86.6 Å². The third-order valence-electron chi connectivity index (χ3n) is 1.12. The van der Waals surface area contributed by atoms with Crippen LogP contribution in [0.5, 0.6) is 0 Å². The minimum atomic E-state index is -0.469. The number of rotatable bonds is 1. The Hall–Kier alpha value is -1.16. The van der Waals surface area contributed by atoms with Gasteiger partial charge in [-0.05, 0) is 28.0 Å². The number of halogens is 1. The van der Waals surface area contributed by atoms with Crippen LogP contribution in [-0.4, -0.2) is 14.8 Å². The second-order valence-electron chi connectivity index (χ2n) is 1.88. The van der Waals surface area contributed by atoms with E-state index in [1.165, 1.54) is 0 Å². The fourth-order valence-electron chi connectivity index (χ4n) is 0.670. The van der Waals surface area contributed by atoms with Crippen LogP contribution < -0.4 is 0 Å². The van der Waals surface area contributed by atoms with Gasteiger partial charge in [-0.2, -0.15) is 5.10 Å². The lowest BCUT2D eigenvalue weighted by Crippen LogP contribution is -1.92. The van der Waals surface area contributed by atoms with Crippen LogP contribution >= 0.6 is 15.9 Å². The van der Waals surface area contributed by atoms with Gasteiger partial charge >= 0.3 is 0 Å². The van der Waals surface area contributed by atoms with E-state index >= 15 is 0 Å². The molecule has 0 fully saturated rings. The molecular formula is C8H6BrN3. The summed E-state index contributed by atoms with van der Waals surface area (Å²) in [4.78, 5) is 3.42. The van der Waals surface area contributed by atoms with Gasteiger partial charge < -0.3 is 0 Å². The first-order valence-electron chi connectivity index (χ1n) is 6.01. The topological polar surface area (TPSA) is 30.7 Å². The van der Waals surface area contributed by atoms with Gasteiger partial charge in [-0.25, -0.2) is 4.68 Å². The number of hydrogen-bond acceptors (Lipinski definition) is 2. The van der Waals surface area contributed by atoms with E-state index in [1.807, 2.05) is 0 Å². The van der Waals surface area contributed by atoms with Crippen LogP contribution in [0.4, 0.5) is 0 Å². The van der Waals surface area contributed by atoms with E-state index < -0.39 is 24.4 Å². The summed E-state index contributed by atoms with van der Waals surface area (Å²) in [5.41, 5.74) is -0.191. The van der Waals surface area contributed by atoms with Crippen molar-refractivity contribution in [3.63, 3.8) is 0 Å². The number of pyridine rings is 1. The van der Waals surface area contributed by atoms with E-state index in [0.717, 1.165) is 4.68 Å².